The number of carbonyl (C=O) groups excluding carboxylic acids is 2. The molecule has 2 unspecified atom stereocenters. The number of hydrogen-bond donors (Lipinski definition) is 1. The van der Waals surface area contributed by atoms with Crippen LogP contribution in [0.25, 0.3) is 0 Å². The summed E-state index contributed by atoms with van der Waals surface area (Å²) in [4.78, 5) is 37.7. The highest BCUT2D eigenvalue weighted by atomic mass is 16.7. The second-order valence-electron chi connectivity index (χ2n) is 26.2. The smallest absolute Gasteiger partial charge is 0.361 e. The van der Waals surface area contributed by atoms with E-state index in [1.807, 2.05) is 21.1 Å². The number of carboxylic acids is 1. The maximum atomic E-state index is 13.0. The Kier molecular flexibility index (Phi) is 71.3. The Morgan fingerprint density at radius 1 is 0.309 bits per heavy atom. The number of carboxylic acid groups (broad SMARTS) is 1. The number of carbonyl (C=O) groups is 3. The van der Waals surface area contributed by atoms with Crippen LogP contribution in [0.4, 0.5) is 0 Å². The molecule has 0 saturated carbocycles. The Hall–Kier alpha value is -5.87. The number of allylic oxidation sites excluding steroid dienone is 32. The van der Waals surface area contributed by atoms with Crippen molar-refractivity contribution in [3.05, 3.63) is 194 Å². The summed E-state index contributed by atoms with van der Waals surface area (Å²) in [5.74, 6) is -2.04. The first-order chi connectivity index (χ1) is 47.6. The maximum absolute atomic E-state index is 13.0. The molecule has 9 heteroatoms. The van der Waals surface area contributed by atoms with Gasteiger partial charge >= 0.3 is 17.9 Å². The predicted molar refractivity (Wildman–Crippen MR) is 419 cm³/mol. The SMILES string of the molecule is CC/C=C\C/C=C\C/C=C\C/C=C\C/C=C\C/C=C\C/C=C\C/C=C\CCCCCCCCCCCCCCCCCCC(=O)OC(COC(=O)CCCCCCCC/C=C\C/C=C\C/C=C\C/C=C\C/C=C\C/C=C\C/C=C\C/C=C\CC)COC(OCC[N+](C)(C)C)C(=O)O. The van der Waals surface area contributed by atoms with Gasteiger partial charge in [-0.25, -0.2) is 4.79 Å². The van der Waals surface area contributed by atoms with Gasteiger partial charge in [-0.1, -0.05) is 324 Å². The molecule has 546 valence electrons. The molecule has 0 radical (unpaired) electrons. The topological polar surface area (TPSA) is 108 Å². The lowest BCUT2D eigenvalue weighted by atomic mass is 10.0. The molecule has 0 spiro atoms. The van der Waals surface area contributed by atoms with Crippen molar-refractivity contribution in [3.8, 4) is 0 Å². The van der Waals surface area contributed by atoms with E-state index in [2.05, 4.69) is 208 Å². The third kappa shape index (κ3) is 77.4. The molecule has 0 heterocycles. The monoisotopic (exact) mass is 1340 g/mol. The lowest BCUT2D eigenvalue weighted by Crippen LogP contribution is -2.40. The van der Waals surface area contributed by atoms with Gasteiger partial charge in [0.05, 0.1) is 34.4 Å². The summed E-state index contributed by atoms with van der Waals surface area (Å²) in [6, 6.07) is 0. The van der Waals surface area contributed by atoms with Gasteiger partial charge in [-0.2, -0.15) is 0 Å². The number of likely N-dealkylation sites (N-methyl/N-ethyl adjacent to an activating group) is 1. The van der Waals surface area contributed by atoms with Crippen molar-refractivity contribution in [2.45, 2.75) is 296 Å². The molecule has 0 rings (SSSR count). The van der Waals surface area contributed by atoms with Crippen LogP contribution in [-0.2, 0) is 33.3 Å². The first-order valence-electron chi connectivity index (χ1n) is 38.6. The van der Waals surface area contributed by atoms with E-state index in [0.717, 1.165) is 167 Å². The second kappa shape index (κ2) is 75.9. The van der Waals surface area contributed by atoms with E-state index < -0.39 is 24.3 Å². The van der Waals surface area contributed by atoms with Gasteiger partial charge in [0, 0.05) is 12.8 Å². The van der Waals surface area contributed by atoms with Gasteiger partial charge in [-0.15, -0.1) is 0 Å². The fourth-order valence-electron chi connectivity index (χ4n) is 10.0. The van der Waals surface area contributed by atoms with Crippen molar-refractivity contribution in [2.75, 3.05) is 47.5 Å². The minimum Gasteiger partial charge on any atom is -0.477 e. The third-order valence-electron chi connectivity index (χ3n) is 15.8. The van der Waals surface area contributed by atoms with Gasteiger partial charge in [-0.3, -0.25) is 9.59 Å². The Morgan fingerprint density at radius 3 is 0.825 bits per heavy atom. The molecule has 0 bridgehead atoms. The van der Waals surface area contributed by atoms with E-state index in [0.29, 0.717) is 17.4 Å². The Morgan fingerprint density at radius 2 is 0.557 bits per heavy atom. The predicted octanol–water partition coefficient (Wildman–Crippen LogP) is 24.9. The van der Waals surface area contributed by atoms with Gasteiger partial charge in [0.15, 0.2) is 6.10 Å². The summed E-state index contributed by atoms with van der Waals surface area (Å²) in [7, 11) is 5.97. The molecule has 0 amide bonds. The molecular weight excluding hydrogens is 1200 g/mol. The lowest BCUT2D eigenvalue weighted by Gasteiger charge is -2.25. The number of aliphatic carboxylic acids is 1. The third-order valence-corrected chi connectivity index (χ3v) is 15.8. The van der Waals surface area contributed by atoms with E-state index >= 15 is 0 Å². The van der Waals surface area contributed by atoms with Gasteiger partial charge in [-0.05, 0) is 141 Å². The average Bonchev–Trinajstić information content (AvgIpc) is 3.27. The summed E-state index contributed by atoms with van der Waals surface area (Å²) >= 11 is 0. The Labute approximate surface area is 595 Å². The molecule has 0 aromatic carbocycles. The van der Waals surface area contributed by atoms with E-state index in [1.165, 1.54) is 83.5 Å². The molecule has 0 saturated heterocycles. The number of unbranched alkanes of at least 4 members (excludes halogenated alkanes) is 22. The fraction of sp³-hybridized carbons (Fsp3) is 0.602. The molecule has 9 nitrogen and oxygen atoms in total. The minimum atomic E-state index is -1.53. The van der Waals surface area contributed by atoms with Crippen LogP contribution in [0.15, 0.2) is 194 Å². The highest BCUT2D eigenvalue weighted by molar-refractivity contribution is 5.71. The summed E-state index contributed by atoms with van der Waals surface area (Å²) in [6.45, 7) is 4.62. The number of rotatable bonds is 69. The zero-order valence-corrected chi connectivity index (χ0v) is 62.4. The second-order valence-corrected chi connectivity index (χ2v) is 26.2. The van der Waals surface area contributed by atoms with Crippen LogP contribution < -0.4 is 0 Å². The molecule has 2 atom stereocenters. The zero-order chi connectivity index (χ0) is 70.4. The normalized spacial score (nSPS) is 13.8. The molecule has 0 aromatic rings. The van der Waals surface area contributed by atoms with Crippen molar-refractivity contribution in [3.63, 3.8) is 0 Å². The van der Waals surface area contributed by atoms with Crippen LogP contribution >= 0.6 is 0 Å². The van der Waals surface area contributed by atoms with Gasteiger partial charge in [0.25, 0.3) is 6.29 Å². The highest BCUT2D eigenvalue weighted by Crippen LogP contribution is 2.17. The summed E-state index contributed by atoms with van der Waals surface area (Å²) < 4.78 is 23.0. The van der Waals surface area contributed by atoms with Crippen LogP contribution in [-0.4, -0.2) is 87.4 Å². The maximum Gasteiger partial charge on any atom is 0.361 e. The average molecular weight is 1340 g/mol. The van der Waals surface area contributed by atoms with E-state index in [9.17, 15) is 19.5 Å². The number of ether oxygens (including phenoxy) is 4. The molecule has 0 aliphatic carbocycles. The lowest BCUT2D eigenvalue weighted by molar-refractivity contribution is -0.870. The van der Waals surface area contributed by atoms with Crippen LogP contribution in [0.1, 0.15) is 284 Å². The zero-order valence-electron chi connectivity index (χ0n) is 62.4. The highest BCUT2D eigenvalue weighted by Gasteiger charge is 2.25. The molecule has 0 aliphatic rings. The fourth-order valence-corrected chi connectivity index (χ4v) is 10.0. The van der Waals surface area contributed by atoms with Crippen molar-refractivity contribution in [1.29, 1.82) is 0 Å². The first-order valence-corrected chi connectivity index (χ1v) is 38.6. The largest absolute Gasteiger partial charge is 0.477 e. The molecule has 0 fully saturated rings. The van der Waals surface area contributed by atoms with Crippen molar-refractivity contribution < 1.29 is 42.9 Å². The molecular formula is C88H142NO8+. The Balaban J connectivity index is 4.13. The van der Waals surface area contributed by atoms with E-state index in [-0.39, 0.29) is 38.6 Å². The van der Waals surface area contributed by atoms with Crippen molar-refractivity contribution in [2.24, 2.45) is 0 Å². The van der Waals surface area contributed by atoms with E-state index in [4.69, 9.17) is 18.9 Å². The molecule has 97 heavy (non-hydrogen) atoms. The summed E-state index contributed by atoms with van der Waals surface area (Å²) in [6.07, 6.45) is 114. The summed E-state index contributed by atoms with van der Waals surface area (Å²) in [5, 5.41) is 9.77. The van der Waals surface area contributed by atoms with Gasteiger partial charge in [0.1, 0.15) is 13.2 Å². The van der Waals surface area contributed by atoms with Crippen LogP contribution in [0.3, 0.4) is 0 Å². The first kappa shape index (κ1) is 91.1. The minimum absolute atomic E-state index is 0.176. The molecule has 1 N–H and O–H groups in total. The van der Waals surface area contributed by atoms with Crippen LogP contribution in [0.2, 0.25) is 0 Å². The van der Waals surface area contributed by atoms with Crippen molar-refractivity contribution in [1.82, 2.24) is 0 Å². The number of esters is 2. The van der Waals surface area contributed by atoms with Gasteiger partial charge < -0.3 is 28.5 Å². The summed E-state index contributed by atoms with van der Waals surface area (Å²) in [5.41, 5.74) is 0. The molecule has 0 aromatic heterocycles. The molecule has 0 aliphatic heterocycles. The van der Waals surface area contributed by atoms with E-state index in [1.54, 1.807) is 0 Å². The quantitative estimate of drug-likeness (QED) is 0.0211. The Bertz CT molecular complexity index is 2310. The standard InChI is InChI=1S/C88H141NO8/c1-6-8-10-12-14-16-18-20-22-24-26-28-30-32-34-36-38-39-40-41-42-43-44-45-46-47-49-51-53-55-57-59-61-63-65-67-69-71-73-75-77-79-86(91)97-84(83-96-88(87(92)93)94-81-80-89(3,4)5)82-95-85(90)78-76-74-72-70-68-66-64-62-60-58-56-54-52-50-48-37-35-33-31-29-27-25-23-21-19-17-15-13-11-9-7-2/h8-11,14-17,20-23,26-29,32-35,38-39,41-42,44-45,48,50,54,56,60,62,84,88H,6-7,12-13,18-19,24-25,30-31,36-37,40,43,46-47,49,51-53,55,57-59,61,63-83H2,1-5H3/p+1/b10-8-,11-9-,16-14-,17-15-,22-20-,23-21-,28-26-,29-27-,34-32-,35-33-,39-38-,42-41-,45-44-,50-48-,56-54-,62-60-. The van der Waals surface area contributed by atoms with Crippen molar-refractivity contribution >= 4 is 17.9 Å². The number of hydrogen-bond acceptors (Lipinski definition) is 7. The number of quaternary nitrogens is 1. The van der Waals surface area contributed by atoms with Crippen LogP contribution in [0, 0.1) is 0 Å². The van der Waals surface area contributed by atoms with Crippen LogP contribution in [0.5, 0.6) is 0 Å². The number of nitrogens with zero attached hydrogens (tertiary/aromatic N) is 1. The van der Waals surface area contributed by atoms with Gasteiger partial charge in [0.2, 0.25) is 0 Å².